The highest BCUT2D eigenvalue weighted by Crippen LogP contribution is 2.35. The van der Waals surface area contributed by atoms with Crippen molar-refractivity contribution in [3.05, 3.63) is 41.0 Å². The molecule has 0 unspecified atom stereocenters. The Labute approximate surface area is 165 Å². The molecule has 1 amide bonds. The zero-order valence-electron chi connectivity index (χ0n) is 17.2. The standard InChI is InChI=1S/C22H29N5O/c1-13(2)12-27-15(4)18(14(3)26-27)11-21(28)23-17-8-9-19-20(10-17)25-22(24-19)16-6-5-7-16/h8-10,13,16H,5-7,11-12H2,1-4H3,(H,23,28)(H,24,25). The van der Waals surface area contributed by atoms with Gasteiger partial charge in [-0.2, -0.15) is 5.10 Å². The summed E-state index contributed by atoms with van der Waals surface area (Å²) in [6, 6.07) is 5.87. The van der Waals surface area contributed by atoms with E-state index in [4.69, 9.17) is 4.98 Å². The zero-order valence-corrected chi connectivity index (χ0v) is 17.2. The Bertz CT molecular complexity index is 1010. The molecule has 3 aromatic rings. The maximum atomic E-state index is 12.6. The fourth-order valence-electron chi connectivity index (χ4n) is 3.86. The predicted octanol–water partition coefficient (Wildman–Crippen LogP) is 4.48. The minimum atomic E-state index is -0.0200. The number of aromatic amines is 1. The van der Waals surface area contributed by atoms with E-state index in [2.05, 4.69) is 29.2 Å². The summed E-state index contributed by atoms with van der Waals surface area (Å²) < 4.78 is 2.02. The van der Waals surface area contributed by atoms with E-state index in [1.807, 2.05) is 36.7 Å². The molecule has 1 aliphatic carbocycles. The molecule has 0 spiro atoms. The lowest BCUT2D eigenvalue weighted by Crippen LogP contribution is -2.15. The van der Waals surface area contributed by atoms with Crippen molar-refractivity contribution < 1.29 is 4.79 Å². The number of nitrogens with one attached hydrogen (secondary N) is 2. The highest BCUT2D eigenvalue weighted by atomic mass is 16.1. The lowest BCUT2D eigenvalue weighted by Gasteiger charge is -2.22. The topological polar surface area (TPSA) is 75.6 Å². The molecule has 4 rings (SSSR count). The van der Waals surface area contributed by atoms with Gasteiger partial charge in [-0.1, -0.05) is 20.3 Å². The second-order valence-corrected chi connectivity index (χ2v) is 8.43. The SMILES string of the molecule is Cc1nn(CC(C)C)c(C)c1CC(=O)Nc1ccc2nc(C3CCC3)[nH]c2c1. The number of H-pyrrole nitrogens is 1. The second kappa shape index (κ2) is 7.41. The molecule has 1 fully saturated rings. The summed E-state index contributed by atoms with van der Waals surface area (Å²) in [5.41, 5.74) is 5.77. The Morgan fingerprint density at radius 1 is 1.32 bits per heavy atom. The highest BCUT2D eigenvalue weighted by Gasteiger charge is 2.22. The molecule has 0 atom stereocenters. The lowest BCUT2D eigenvalue weighted by atomic mass is 9.85. The first-order valence-corrected chi connectivity index (χ1v) is 10.2. The minimum absolute atomic E-state index is 0.0200. The monoisotopic (exact) mass is 379 g/mol. The Balaban J connectivity index is 1.47. The molecule has 6 heteroatoms. The van der Waals surface area contributed by atoms with E-state index in [-0.39, 0.29) is 5.91 Å². The lowest BCUT2D eigenvalue weighted by molar-refractivity contribution is -0.115. The van der Waals surface area contributed by atoms with Crippen LogP contribution < -0.4 is 5.32 Å². The predicted molar refractivity (Wildman–Crippen MR) is 112 cm³/mol. The van der Waals surface area contributed by atoms with Crippen LogP contribution >= 0.6 is 0 Å². The van der Waals surface area contributed by atoms with Crippen molar-refractivity contribution in [3.63, 3.8) is 0 Å². The Kier molecular flexibility index (Phi) is 4.96. The van der Waals surface area contributed by atoms with Gasteiger partial charge in [0.25, 0.3) is 0 Å². The van der Waals surface area contributed by atoms with E-state index in [9.17, 15) is 4.79 Å². The van der Waals surface area contributed by atoms with E-state index >= 15 is 0 Å². The molecule has 2 heterocycles. The minimum Gasteiger partial charge on any atom is -0.342 e. The third-order valence-corrected chi connectivity index (χ3v) is 5.68. The number of hydrogen-bond acceptors (Lipinski definition) is 3. The van der Waals surface area contributed by atoms with Crippen LogP contribution in [-0.2, 0) is 17.8 Å². The van der Waals surface area contributed by atoms with Gasteiger partial charge in [-0.05, 0) is 50.8 Å². The quantitative estimate of drug-likeness (QED) is 0.663. The van der Waals surface area contributed by atoms with Crippen LogP contribution in [-0.4, -0.2) is 25.7 Å². The van der Waals surface area contributed by atoms with Gasteiger partial charge in [0, 0.05) is 29.4 Å². The normalized spacial score (nSPS) is 14.6. The third kappa shape index (κ3) is 3.68. The van der Waals surface area contributed by atoms with Crippen LogP contribution in [0.4, 0.5) is 5.69 Å². The average Bonchev–Trinajstić information content (AvgIpc) is 3.08. The maximum absolute atomic E-state index is 12.6. The van der Waals surface area contributed by atoms with Crippen LogP contribution in [0.2, 0.25) is 0 Å². The smallest absolute Gasteiger partial charge is 0.228 e. The van der Waals surface area contributed by atoms with Crippen LogP contribution in [0.15, 0.2) is 18.2 Å². The number of aromatic nitrogens is 4. The molecule has 0 saturated heterocycles. The molecule has 1 aliphatic rings. The van der Waals surface area contributed by atoms with E-state index in [0.29, 0.717) is 18.3 Å². The number of fused-ring (bicyclic) bond motifs is 1. The summed E-state index contributed by atoms with van der Waals surface area (Å²) in [6.07, 6.45) is 4.05. The van der Waals surface area contributed by atoms with Gasteiger partial charge in [-0.3, -0.25) is 9.48 Å². The average molecular weight is 380 g/mol. The summed E-state index contributed by atoms with van der Waals surface area (Å²) >= 11 is 0. The van der Waals surface area contributed by atoms with Crippen molar-refractivity contribution in [1.82, 2.24) is 19.7 Å². The van der Waals surface area contributed by atoms with Gasteiger partial charge in [-0.25, -0.2) is 4.98 Å². The van der Waals surface area contributed by atoms with Crippen LogP contribution in [0.25, 0.3) is 11.0 Å². The number of carbonyl (C=O) groups excluding carboxylic acids is 1. The number of benzene rings is 1. The number of nitrogens with zero attached hydrogens (tertiary/aromatic N) is 3. The Morgan fingerprint density at radius 2 is 2.11 bits per heavy atom. The van der Waals surface area contributed by atoms with Crippen molar-refractivity contribution in [1.29, 1.82) is 0 Å². The molecule has 1 aromatic carbocycles. The van der Waals surface area contributed by atoms with E-state index in [1.165, 1.54) is 19.3 Å². The number of rotatable bonds is 6. The molecular weight excluding hydrogens is 350 g/mol. The van der Waals surface area contributed by atoms with Gasteiger partial charge in [-0.15, -0.1) is 0 Å². The highest BCUT2D eigenvalue weighted by molar-refractivity contribution is 5.94. The van der Waals surface area contributed by atoms with Crippen molar-refractivity contribution in [2.24, 2.45) is 5.92 Å². The zero-order chi connectivity index (χ0) is 19.8. The summed E-state index contributed by atoms with van der Waals surface area (Å²) in [5.74, 6) is 2.14. The van der Waals surface area contributed by atoms with E-state index < -0.39 is 0 Å². The Hall–Kier alpha value is -2.63. The molecular formula is C22H29N5O. The largest absolute Gasteiger partial charge is 0.342 e. The first-order valence-electron chi connectivity index (χ1n) is 10.2. The first kappa shape index (κ1) is 18.7. The molecule has 2 aromatic heterocycles. The van der Waals surface area contributed by atoms with Crippen molar-refractivity contribution >= 4 is 22.6 Å². The van der Waals surface area contributed by atoms with Gasteiger partial charge in [0.1, 0.15) is 5.82 Å². The number of amides is 1. The molecule has 148 valence electrons. The van der Waals surface area contributed by atoms with Crippen molar-refractivity contribution in [2.75, 3.05) is 5.32 Å². The van der Waals surface area contributed by atoms with Crippen LogP contribution in [0.1, 0.15) is 61.8 Å². The van der Waals surface area contributed by atoms with Crippen LogP contribution in [0, 0.1) is 19.8 Å². The number of carbonyl (C=O) groups is 1. The third-order valence-electron chi connectivity index (χ3n) is 5.68. The first-order chi connectivity index (χ1) is 13.4. The molecule has 0 radical (unpaired) electrons. The van der Waals surface area contributed by atoms with Gasteiger partial charge < -0.3 is 10.3 Å². The second-order valence-electron chi connectivity index (χ2n) is 8.43. The molecule has 2 N–H and O–H groups in total. The number of anilines is 1. The fourth-order valence-corrected chi connectivity index (χ4v) is 3.86. The van der Waals surface area contributed by atoms with Crippen LogP contribution in [0.3, 0.4) is 0 Å². The molecule has 0 bridgehead atoms. The number of hydrogen-bond donors (Lipinski definition) is 2. The van der Waals surface area contributed by atoms with Gasteiger partial charge in [0.15, 0.2) is 0 Å². The molecule has 28 heavy (non-hydrogen) atoms. The summed E-state index contributed by atoms with van der Waals surface area (Å²) in [7, 11) is 0. The summed E-state index contributed by atoms with van der Waals surface area (Å²) in [5, 5.41) is 7.64. The molecule has 0 aliphatic heterocycles. The maximum Gasteiger partial charge on any atom is 0.228 e. The van der Waals surface area contributed by atoms with Gasteiger partial charge in [0.05, 0.1) is 23.1 Å². The van der Waals surface area contributed by atoms with E-state index in [1.54, 1.807) is 0 Å². The number of imidazole rings is 1. The molecule has 1 saturated carbocycles. The van der Waals surface area contributed by atoms with Gasteiger partial charge >= 0.3 is 0 Å². The summed E-state index contributed by atoms with van der Waals surface area (Å²) in [6.45, 7) is 9.23. The number of aryl methyl sites for hydroxylation is 1. The van der Waals surface area contributed by atoms with E-state index in [0.717, 1.165) is 46.0 Å². The Morgan fingerprint density at radius 3 is 2.79 bits per heavy atom. The summed E-state index contributed by atoms with van der Waals surface area (Å²) in [4.78, 5) is 20.8. The van der Waals surface area contributed by atoms with Crippen molar-refractivity contribution in [3.8, 4) is 0 Å². The van der Waals surface area contributed by atoms with Crippen LogP contribution in [0.5, 0.6) is 0 Å². The van der Waals surface area contributed by atoms with Gasteiger partial charge in [0.2, 0.25) is 5.91 Å². The van der Waals surface area contributed by atoms with Crippen molar-refractivity contribution in [2.45, 2.75) is 65.8 Å². The molecule has 6 nitrogen and oxygen atoms in total. The fraction of sp³-hybridized carbons (Fsp3) is 0.500.